The Kier molecular flexibility index (Phi) is 37.1. The number of nitrogens with two attached hydrogens (primary N) is 2. The van der Waals surface area contributed by atoms with E-state index in [1.54, 1.807) is 72.8 Å². The molecule has 0 bridgehead atoms. The van der Waals surface area contributed by atoms with Gasteiger partial charge in [0.2, 0.25) is 0 Å². The molecule has 666 valence electrons. The van der Waals surface area contributed by atoms with E-state index in [0.717, 1.165) is 93.7 Å². The van der Waals surface area contributed by atoms with Crippen molar-refractivity contribution in [3.63, 3.8) is 0 Å². The topological polar surface area (TPSA) is 412 Å². The van der Waals surface area contributed by atoms with Crippen molar-refractivity contribution in [1.82, 2.24) is 0 Å². The van der Waals surface area contributed by atoms with E-state index in [9.17, 15) is 64.8 Å². The monoisotopic (exact) mass is 2290 g/mol. The summed E-state index contributed by atoms with van der Waals surface area (Å²) in [4.78, 5) is 66.5. The van der Waals surface area contributed by atoms with Gasteiger partial charge in [-0.25, -0.2) is 0 Å². The number of anilines is 2. The number of Topliss-reactive ketones (excluding diaryl/α,β-unsaturated/α-hetero) is 1. The van der Waals surface area contributed by atoms with Crippen LogP contribution in [-0.2, 0) is 62.6 Å². The number of carbonyl (C=O) groups is 5. The van der Waals surface area contributed by atoms with Gasteiger partial charge >= 0.3 is 0 Å². The van der Waals surface area contributed by atoms with E-state index in [1.165, 1.54) is 18.2 Å². The van der Waals surface area contributed by atoms with Crippen LogP contribution in [0.15, 0.2) is 154 Å². The Balaban J connectivity index is 0.000000175. The van der Waals surface area contributed by atoms with E-state index in [1.807, 2.05) is 134 Å². The van der Waals surface area contributed by atoms with Crippen LogP contribution >= 0.6 is 122 Å². The number of halogens is 6. The number of phenols is 8. The number of nitrogen functional groups attached to an aromatic ring is 2. The number of phenolic OH excluding ortho intramolecular Hbond substituents is 8. The summed E-state index contributed by atoms with van der Waals surface area (Å²) in [5.74, 6) is 1.73. The number of aliphatic hydroxyl groups is 3. The van der Waals surface area contributed by atoms with E-state index in [0.29, 0.717) is 204 Å². The molecule has 13 aromatic rings. The Morgan fingerprint density at radius 2 is 0.627 bits per heavy atom. The lowest BCUT2D eigenvalue weighted by molar-refractivity contribution is -0.117. The van der Waals surface area contributed by atoms with Gasteiger partial charge in [-0.05, 0) is 319 Å². The number of aromatic hydroxyl groups is 8. The fraction of sp³-hybridized carbons (Fsp3) is 0.316. The zero-order chi connectivity index (χ0) is 91.3. The van der Waals surface area contributed by atoms with Gasteiger partial charge in [-0.1, -0.05) is 96.6 Å². The molecule has 13 rings (SSSR count). The molecule has 4 heterocycles. The number of hydrogen-bond acceptors (Lipinski definition) is 22. The van der Waals surface area contributed by atoms with Crippen LogP contribution in [0.5, 0.6) is 46.0 Å². The Labute approximate surface area is 801 Å². The number of rotatable bonds is 37. The van der Waals surface area contributed by atoms with Gasteiger partial charge < -0.3 is 85.3 Å². The van der Waals surface area contributed by atoms with E-state index in [-0.39, 0.29) is 125 Å². The molecular weight excluding hydrogens is 2190 g/mol. The number of fused-ring (bicyclic) bond motifs is 4. The lowest BCUT2D eigenvalue weighted by Gasteiger charge is -2.08. The minimum atomic E-state index is -0.323. The molecule has 9 aromatic carbocycles. The highest BCUT2D eigenvalue weighted by Gasteiger charge is 2.31. The first-order valence-corrected chi connectivity index (χ1v) is 47.9. The molecular formula is C98H102Br2I4N2O20. The second kappa shape index (κ2) is 47.0. The number of aryl methyl sites for hydroxylation is 7. The molecule has 0 unspecified atom stereocenters. The quantitative estimate of drug-likeness (QED) is 0.00565. The van der Waals surface area contributed by atoms with Gasteiger partial charge in [0.1, 0.15) is 91.4 Å². The van der Waals surface area contributed by atoms with E-state index in [2.05, 4.69) is 52.6 Å². The smallest absolute Gasteiger partial charge is 0.197 e. The third kappa shape index (κ3) is 24.6. The predicted octanol–water partition coefficient (Wildman–Crippen LogP) is 23.5. The van der Waals surface area contributed by atoms with E-state index >= 15 is 0 Å². The third-order valence-corrected chi connectivity index (χ3v) is 26.1. The number of carbonyl (C=O) groups excluding carboxylic acids is 5. The lowest BCUT2D eigenvalue weighted by Crippen LogP contribution is -2.07. The number of ketones is 5. The van der Waals surface area contributed by atoms with Crippen molar-refractivity contribution >= 4 is 206 Å². The molecule has 28 heteroatoms. The van der Waals surface area contributed by atoms with Crippen molar-refractivity contribution in [3.05, 3.63) is 246 Å². The number of hydrogen-bond donors (Lipinski definition) is 13. The van der Waals surface area contributed by atoms with Crippen LogP contribution in [0.3, 0.4) is 0 Å². The zero-order valence-corrected chi connectivity index (χ0v) is 82.0. The first-order valence-electron chi connectivity index (χ1n) is 42.0. The molecule has 0 saturated carbocycles. The SMILES string of the molecule is CCCCCc1oc2cc(CCCCO)c(O)cc2c1C(=O)c1cc(Br)c(O)c(Br)c1.CCCCCc1oc2cc(CCCCO)c(O)cc2c1C(=O)c1cc(I)c(O)c(I)c1.CCCCCc1oc2cc(CCCCO)c(O)cc2c1C(=O)c1cc(N)c(O)c(N)c1.CCc1oc2cc(CC(=O)Cc3ccccc3)c(O)cc2c1C(=O)c1cc(I)c(O)c(I)c1. The van der Waals surface area contributed by atoms with Crippen LogP contribution in [0, 0.1) is 14.3 Å². The van der Waals surface area contributed by atoms with Gasteiger partial charge in [0.25, 0.3) is 0 Å². The van der Waals surface area contributed by atoms with Crippen molar-refractivity contribution in [2.75, 3.05) is 31.3 Å². The zero-order valence-electron chi connectivity index (χ0n) is 70.2. The van der Waals surface area contributed by atoms with Crippen LogP contribution in [0.25, 0.3) is 43.9 Å². The van der Waals surface area contributed by atoms with Gasteiger partial charge in [0.15, 0.2) is 28.9 Å². The summed E-state index contributed by atoms with van der Waals surface area (Å²) in [5, 5.41) is 112. The Morgan fingerprint density at radius 1 is 0.333 bits per heavy atom. The number of unbranched alkanes of at least 4 members (excludes halogenated alkanes) is 9. The average molecular weight is 2300 g/mol. The highest BCUT2D eigenvalue weighted by molar-refractivity contribution is 14.1. The maximum absolute atomic E-state index is 13.5. The number of benzene rings is 9. The molecule has 0 fully saturated rings. The van der Waals surface area contributed by atoms with Gasteiger partial charge in [-0.2, -0.15) is 0 Å². The van der Waals surface area contributed by atoms with Crippen molar-refractivity contribution in [2.24, 2.45) is 0 Å². The molecule has 0 saturated heterocycles. The van der Waals surface area contributed by atoms with Crippen LogP contribution in [0.2, 0.25) is 0 Å². The molecule has 0 spiro atoms. The molecule has 4 aromatic heterocycles. The largest absolute Gasteiger partial charge is 0.508 e. The molecule has 15 N–H and O–H groups in total. The predicted molar refractivity (Wildman–Crippen MR) is 531 cm³/mol. The second-order valence-electron chi connectivity index (χ2n) is 30.8. The molecule has 0 atom stereocenters. The Bertz CT molecular complexity index is 5600. The minimum Gasteiger partial charge on any atom is -0.508 e. The summed E-state index contributed by atoms with van der Waals surface area (Å²) in [6.07, 6.45) is 17.7. The number of furan rings is 4. The summed E-state index contributed by atoms with van der Waals surface area (Å²) < 4.78 is 27.5. The molecule has 0 aliphatic heterocycles. The summed E-state index contributed by atoms with van der Waals surface area (Å²) in [6.45, 7) is 8.57. The fourth-order valence-corrected chi connectivity index (χ4v) is 19.6. The van der Waals surface area contributed by atoms with Crippen molar-refractivity contribution < 1.29 is 97.8 Å². The number of aliphatic hydroxyl groups excluding tert-OH is 3. The van der Waals surface area contributed by atoms with Gasteiger partial charge in [0.05, 0.1) is 56.9 Å². The molecule has 0 aliphatic carbocycles. The second-order valence-corrected chi connectivity index (χ2v) is 37.2. The van der Waals surface area contributed by atoms with E-state index < -0.39 is 0 Å². The Morgan fingerprint density at radius 3 is 0.952 bits per heavy atom. The van der Waals surface area contributed by atoms with Crippen molar-refractivity contribution in [2.45, 2.75) is 182 Å². The maximum atomic E-state index is 13.5. The van der Waals surface area contributed by atoms with Gasteiger partial charge in [-0.15, -0.1) is 0 Å². The van der Waals surface area contributed by atoms with Crippen molar-refractivity contribution in [3.8, 4) is 46.0 Å². The third-order valence-electron chi connectivity index (χ3n) is 21.6. The Hall–Kier alpha value is -8.75. The summed E-state index contributed by atoms with van der Waals surface area (Å²) in [6, 6.07) is 35.4. The highest BCUT2D eigenvalue weighted by atomic mass is 127. The maximum Gasteiger partial charge on any atom is 0.197 e. The van der Waals surface area contributed by atoms with Crippen LogP contribution in [-0.4, -0.2) is 105 Å². The van der Waals surface area contributed by atoms with Crippen LogP contribution < -0.4 is 11.5 Å². The van der Waals surface area contributed by atoms with Crippen LogP contribution in [0.1, 0.15) is 239 Å². The summed E-state index contributed by atoms with van der Waals surface area (Å²) in [5.41, 5.74) is 20.7. The molecule has 0 aliphatic rings. The first-order chi connectivity index (χ1) is 60.4. The normalized spacial score (nSPS) is 11.3. The summed E-state index contributed by atoms with van der Waals surface area (Å²) in [7, 11) is 0. The molecule has 126 heavy (non-hydrogen) atoms. The molecule has 0 amide bonds. The lowest BCUT2D eigenvalue weighted by atomic mass is 9.96. The average Bonchev–Trinajstić information content (AvgIpc) is 1.63. The van der Waals surface area contributed by atoms with Crippen LogP contribution in [0.4, 0.5) is 11.4 Å². The van der Waals surface area contributed by atoms with Gasteiger partial charge in [0, 0.05) is 108 Å². The summed E-state index contributed by atoms with van der Waals surface area (Å²) >= 11 is 14.6. The van der Waals surface area contributed by atoms with E-state index in [4.69, 9.17) is 44.5 Å². The van der Waals surface area contributed by atoms with Crippen molar-refractivity contribution in [1.29, 1.82) is 0 Å². The minimum absolute atomic E-state index is 0.0253. The first kappa shape index (κ1) is 99.4. The standard InChI is InChI=1S/C26H20I2O5.C24H26Br2O5.C24H26I2O5.C24H30N2O5/c1-2-22-24(25(31)16-10-19(27)26(32)20(28)11-16)18-13-21(30)15(12-23(18)33-22)9-17(29)8-14-6-4-3-5-7-14;3*1-2-3-4-8-20-22(23(29)15-10-17(25)24(30)18(26)11-15)16-13-19(28)14(7-5-6-9-27)12-21(16)31-20/h3-7,10-13,30,32H,2,8-9H2,1H3;2*10-13,27-28,30H,2-9H2,1H3;10-13,27-28,30H,2-9,25-26H2,1H3. The van der Waals surface area contributed by atoms with Gasteiger partial charge in [-0.3, -0.25) is 24.0 Å². The highest BCUT2D eigenvalue weighted by Crippen LogP contribution is 2.43. The molecule has 22 nitrogen and oxygen atoms in total. The fourth-order valence-electron chi connectivity index (χ4n) is 14.9. The molecule has 0 radical (unpaired) electrons.